The Hall–Kier alpha value is -4.34. The molecule has 0 aliphatic heterocycles. The van der Waals surface area contributed by atoms with Crippen LogP contribution in [0.25, 0.3) is 0 Å². The fraction of sp³-hybridized carbons (Fsp3) is 0.265. The Morgan fingerprint density at radius 1 is 0.814 bits per heavy atom. The Morgan fingerprint density at radius 3 is 2.09 bits per heavy atom. The topological polar surface area (TPSA) is 108 Å². The van der Waals surface area contributed by atoms with Crippen LogP contribution in [0, 0.1) is 0 Å². The summed E-state index contributed by atoms with van der Waals surface area (Å²) in [6.07, 6.45) is 6.06. The van der Waals surface area contributed by atoms with Crippen LogP contribution >= 0.6 is 0 Å². The Kier molecular flexibility index (Phi) is 9.96. The molecule has 2 amide bonds. The molecule has 0 radical (unpaired) electrons. The van der Waals surface area contributed by atoms with Crippen molar-refractivity contribution in [2.45, 2.75) is 62.2 Å². The van der Waals surface area contributed by atoms with Crippen LogP contribution in [0.5, 0.6) is 0 Å². The number of pyridine rings is 1. The van der Waals surface area contributed by atoms with E-state index < -0.39 is 16.1 Å². The van der Waals surface area contributed by atoms with Crippen LogP contribution < -0.4 is 10.0 Å². The molecule has 9 heteroatoms. The highest BCUT2D eigenvalue weighted by molar-refractivity contribution is 7.89. The predicted molar refractivity (Wildman–Crippen MR) is 165 cm³/mol. The van der Waals surface area contributed by atoms with Crippen LogP contribution in [-0.2, 0) is 45.5 Å². The van der Waals surface area contributed by atoms with Gasteiger partial charge in [-0.25, -0.2) is 13.1 Å². The quantitative estimate of drug-likeness (QED) is 0.224. The third kappa shape index (κ3) is 8.83. The standard InChI is InChI=1S/C34H36N4O4S/c39-33(20-15-26-13-18-31(19-14-26)43(41,42)37-30-16-17-30)38(25-28-10-5-2-6-11-28)32(22-27-8-3-1-4-9-27)34(40)36-24-29-12-7-21-35-23-29/h1-14,18-19,21,23,30,32,37H,15-17,20,22,24-25H2,(H,36,40)/t32-/m1/s1. The molecule has 5 rings (SSSR count). The molecule has 4 aromatic rings. The number of nitrogens with zero attached hydrogens (tertiary/aromatic N) is 2. The molecule has 1 aliphatic carbocycles. The van der Waals surface area contributed by atoms with E-state index in [-0.39, 0.29) is 35.7 Å². The van der Waals surface area contributed by atoms with Crippen LogP contribution in [0.15, 0.2) is 114 Å². The largest absolute Gasteiger partial charge is 0.350 e. The van der Waals surface area contributed by atoms with E-state index in [1.54, 1.807) is 41.6 Å². The third-order valence-corrected chi connectivity index (χ3v) is 8.95. The summed E-state index contributed by atoms with van der Waals surface area (Å²) in [6.45, 7) is 0.581. The second kappa shape index (κ2) is 14.2. The van der Waals surface area contributed by atoms with Crippen molar-refractivity contribution in [2.75, 3.05) is 0 Å². The van der Waals surface area contributed by atoms with E-state index in [2.05, 4.69) is 15.0 Å². The summed E-state index contributed by atoms with van der Waals surface area (Å²) < 4.78 is 27.8. The van der Waals surface area contributed by atoms with Gasteiger partial charge in [0, 0.05) is 44.4 Å². The highest BCUT2D eigenvalue weighted by Gasteiger charge is 2.30. The molecule has 222 valence electrons. The normalized spacial score (nSPS) is 13.7. The second-order valence-corrected chi connectivity index (χ2v) is 12.5. The molecular formula is C34H36N4O4S. The number of nitrogens with one attached hydrogen (secondary N) is 2. The predicted octanol–water partition coefficient (Wildman–Crippen LogP) is 4.41. The first kappa shape index (κ1) is 30.1. The summed E-state index contributed by atoms with van der Waals surface area (Å²) in [5.41, 5.74) is 3.59. The fourth-order valence-electron chi connectivity index (χ4n) is 4.86. The minimum Gasteiger partial charge on any atom is -0.350 e. The van der Waals surface area contributed by atoms with Crippen LogP contribution in [-0.4, -0.2) is 42.2 Å². The summed E-state index contributed by atoms with van der Waals surface area (Å²) >= 11 is 0. The molecule has 1 saturated carbocycles. The van der Waals surface area contributed by atoms with Gasteiger partial charge in [-0.1, -0.05) is 78.9 Å². The molecule has 1 heterocycles. The molecule has 43 heavy (non-hydrogen) atoms. The minimum atomic E-state index is -3.54. The maximum Gasteiger partial charge on any atom is 0.243 e. The highest BCUT2D eigenvalue weighted by atomic mass is 32.2. The fourth-order valence-corrected chi connectivity index (χ4v) is 6.17. The molecular weight excluding hydrogens is 560 g/mol. The van der Waals surface area contributed by atoms with Crippen molar-refractivity contribution in [3.63, 3.8) is 0 Å². The lowest BCUT2D eigenvalue weighted by Gasteiger charge is -2.31. The lowest BCUT2D eigenvalue weighted by Crippen LogP contribution is -2.50. The van der Waals surface area contributed by atoms with Gasteiger partial charge >= 0.3 is 0 Å². The van der Waals surface area contributed by atoms with E-state index in [1.165, 1.54) is 0 Å². The first-order valence-electron chi connectivity index (χ1n) is 14.5. The summed E-state index contributed by atoms with van der Waals surface area (Å²) in [6, 6.07) is 29.0. The number of benzene rings is 3. The number of hydrogen-bond acceptors (Lipinski definition) is 5. The minimum absolute atomic E-state index is 0.0308. The van der Waals surface area contributed by atoms with Gasteiger partial charge in [-0.05, 0) is 59.7 Å². The molecule has 0 unspecified atom stereocenters. The monoisotopic (exact) mass is 596 g/mol. The van der Waals surface area contributed by atoms with E-state index in [0.29, 0.717) is 19.4 Å². The summed E-state index contributed by atoms with van der Waals surface area (Å²) in [5, 5.41) is 3.02. The summed E-state index contributed by atoms with van der Waals surface area (Å²) in [4.78, 5) is 33.7. The SMILES string of the molecule is O=C(NCc1cccnc1)[C@@H](Cc1ccccc1)N(Cc1ccccc1)C(=O)CCc1ccc(S(=O)(=O)NC2CC2)cc1. The van der Waals surface area contributed by atoms with Gasteiger partial charge in [-0.2, -0.15) is 0 Å². The highest BCUT2D eigenvalue weighted by Crippen LogP contribution is 2.23. The van der Waals surface area contributed by atoms with Gasteiger partial charge in [-0.3, -0.25) is 14.6 Å². The maximum absolute atomic E-state index is 13.9. The van der Waals surface area contributed by atoms with E-state index >= 15 is 0 Å². The van der Waals surface area contributed by atoms with Crippen molar-refractivity contribution in [3.8, 4) is 0 Å². The van der Waals surface area contributed by atoms with Gasteiger partial charge in [0.15, 0.2) is 0 Å². The van der Waals surface area contributed by atoms with Crippen molar-refractivity contribution in [2.24, 2.45) is 0 Å². The van der Waals surface area contributed by atoms with Gasteiger partial charge in [-0.15, -0.1) is 0 Å². The van der Waals surface area contributed by atoms with Crippen molar-refractivity contribution in [1.29, 1.82) is 0 Å². The molecule has 2 N–H and O–H groups in total. The maximum atomic E-state index is 13.9. The van der Waals surface area contributed by atoms with Gasteiger partial charge in [0.25, 0.3) is 0 Å². The number of carbonyl (C=O) groups excluding carboxylic acids is 2. The van der Waals surface area contributed by atoms with E-state index in [1.807, 2.05) is 72.8 Å². The first-order valence-corrected chi connectivity index (χ1v) is 16.0. The van der Waals surface area contributed by atoms with Gasteiger partial charge in [0.05, 0.1) is 4.90 Å². The number of amides is 2. The third-order valence-electron chi connectivity index (χ3n) is 7.42. The zero-order chi connectivity index (χ0) is 30.1. The Labute approximate surface area is 253 Å². The van der Waals surface area contributed by atoms with Crippen molar-refractivity contribution in [3.05, 3.63) is 132 Å². The summed E-state index contributed by atoms with van der Waals surface area (Å²) in [5.74, 6) is -0.400. The molecule has 0 spiro atoms. The molecule has 1 fully saturated rings. The van der Waals surface area contributed by atoms with Crippen molar-refractivity contribution >= 4 is 21.8 Å². The van der Waals surface area contributed by atoms with E-state index in [4.69, 9.17) is 0 Å². The Morgan fingerprint density at radius 2 is 1.47 bits per heavy atom. The smallest absolute Gasteiger partial charge is 0.243 e. The zero-order valence-corrected chi connectivity index (χ0v) is 24.7. The number of sulfonamides is 1. The van der Waals surface area contributed by atoms with Crippen molar-refractivity contribution < 1.29 is 18.0 Å². The Bertz CT molecular complexity index is 1590. The average molecular weight is 597 g/mol. The Balaban J connectivity index is 1.34. The number of aromatic nitrogens is 1. The van der Waals surface area contributed by atoms with Crippen LogP contribution in [0.3, 0.4) is 0 Å². The summed E-state index contributed by atoms with van der Waals surface area (Å²) in [7, 11) is -3.54. The lowest BCUT2D eigenvalue weighted by molar-refractivity contribution is -0.141. The first-order chi connectivity index (χ1) is 20.9. The number of hydrogen-bond donors (Lipinski definition) is 2. The second-order valence-electron chi connectivity index (χ2n) is 10.8. The van der Waals surface area contributed by atoms with Crippen molar-refractivity contribution in [1.82, 2.24) is 19.9 Å². The molecule has 3 aromatic carbocycles. The van der Waals surface area contributed by atoms with Crippen LogP contribution in [0.1, 0.15) is 41.5 Å². The number of rotatable bonds is 14. The van der Waals surface area contributed by atoms with Crippen LogP contribution in [0.2, 0.25) is 0 Å². The number of aryl methyl sites for hydroxylation is 1. The van der Waals surface area contributed by atoms with E-state index in [0.717, 1.165) is 35.1 Å². The molecule has 0 saturated heterocycles. The van der Waals surface area contributed by atoms with Gasteiger partial charge in [0.2, 0.25) is 21.8 Å². The molecule has 1 aliphatic rings. The molecule has 0 bridgehead atoms. The molecule has 1 aromatic heterocycles. The van der Waals surface area contributed by atoms with Gasteiger partial charge < -0.3 is 10.2 Å². The lowest BCUT2D eigenvalue weighted by atomic mass is 10.0. The van der Waals surface area contributed by atoms with Crippen LogP contribution in [0.4, 0.5) is 0 Å². The van der Waals surface area contributed by atoms with Gasteiger partial charge in [0.1, 0.15) is 6.04 Å². The number of carbonyl (C=O) groups is 2. The average Bonchev–Trinajstić information content (AvgIpc) is 3.85. The zero-order valence-electron chi connectivity index (χ0n) is 23.9. The molecule has 1 atom stereocenters. The van der Waals surface area contributed by atoms with E-state index in [9.17, 15) is 18.0 Å². The molecule has 8 nitrogen and oxygen atoms in total.